The van der Waals surface area contributed by atoms with Crippen LogP contribution in [-0.2, 0) is 9.47 Å². The maximum atomic E-state index is 5.52. The zero-order valence-corrected chi connectivity index (χ0v) is 12.1. The molecule has 0 saturated heterocycles. The molecule has 106 valence electrons. The van der Waals surface area contributed by atoms with Crippen molar-refractivity contribution in [3.8, 4) is 5.75 Å². The van der Waals surface area contributed by atoms with E-state index in [-0.39, 0.29) is 0 Å². The van der Waals surface area contributed by atoms with Crippen LogP contribution >= 0.6 is 12.2 Å². The highest BCUT2D eigenvalue weighted by Gasteiger charge is 1.97. The molecule has 0 aliphatic rings. The molecule has 0 fully saturated rings. The first-order valence-corrected chi connectivity index (χ1v) is 6.83. The largest absolute Gasteiger partial charge is 0.491 e. The Morgan fingerprint density at radius 1 is 1.00 bits per heavy atom. The molecule has 2 N–H and O–H groups in total. The van der Waals surface area contributed by atoms with Gasteiger partial charge >= 0.3 is 0 Å². The van der Waals surface area contributed by atoms with Crippen molar-refractivity contribution in [1.82, 2.24) is 0 Å². The lowest BCUT2D eigenvalue weighted by Gasteiger charge is -2.08. The van der Waals surface area contributed by atoms with Crippen LogP contribution in [0.1, 0.15) is 18.9 Å². The Labute approximate surface area is 119 Å². The minimum absolute atomic E-state index is 0.391. The lowest BCUT2D eigenvalue weighted by molar-refractivity contribution is 0.0366. The molecule has 19 heavy (non-hydrogen) atoms. The molecule has 0 atom stereocenters. The molecule has 0 heterocycles. The second-order valence-corrected chi connectivity index (χ2v) is 4.40. The summed E-state index contributed by atoms with van der Waals surface area (Å²) in [7, 11) is 0. The summed E-state index contributed by atoms with van der Waals surface area (Å²) in [6.07, 6.45) is 1.03. The molecule has 0 unspecified atom stereocenters. The van der Waals surface area contributed by atoms with Gasteiger partial charge in [0.15, 0.2) is 0 Å². The molecule has 0 aromatic heterocycles. The first-order chi connectivity index (χ1) is 9.24. The van der Waals surface area contributed by atoms with Crippen LogP contribution in [0.5, 0.6) is 5.75 Å². The summed E-state index contributed by atoms with van der Waals surface area (Å²) < 4.78 is 16.2. The van der Waals surface area contributed by atoms with Crippen LogP contribution in [0.4, 0.5) is 0 Å². The third-order valence-electron chi connectivity index (χ3n) is 2.36. The Morgan fingerprint density at radius 3 is 2.16 bits per heavy atom. The highest BCUT2D eigenvalue weighted by atomic mass is 32.1. The Kier molecular flexibility index (Phi) is 8.13. The highest BCUT2D eigenvalue weighted by Crippen LogP contribution is 2.11. The molecular formula is C14H21NO3S. The minimum atomic E-state index is 0.391. The van der Waals surface area contributed by atoms with E-state index in [0.29, 0.717) is 31.4 Å². The van der Waals surface area contributed by atoms with E-state index in [2.05, 4.69) is 6.92 Å². The Balaban J connectivity index is 2.07. The van der Waals surface area contributed by atoms with Crippen LogP contribution in [0.15, 0.2) is 24.3 Å². The second-order valence-electron chi connectivity index (χ2n) is 3.96. The summed E-state index contributed by atoms with van der Waals surface area (Å²) >= 11 is 4.88. The van der Waals surface area contributed by atoms with Crippen LogP contribution in [0.3, 0.4) is 0 Å². The second kappa shape index (κ2) is 9.72. The summed E-state index contributed by atoms with van der Waals surface area (Å²) in [5, 5.41) is 0. The van der Waals surface area contributed by atoms with E-state index >= 15 is 0 Å². The SMILES string of the molecule is CCCOCCOCCOc1ccc(C(N)=S)cc1. The first-order valence-electron chi connectivity index (χ1n) is 6.42. The molecule has 0 amide bonds. The van der Waals surface area contributed by atoms with E-state index in [0.717, 1.165) is 24.3 Å². The number of benzene rings is 1. The molecule has 0 aliphatic heterocycles. The normalized spacial score (nSPS) is 10.4. The lowest BCUT2D eigenvalue weighted by Crippen LogP contribution is -2.11. The Bertz CT molecular complexity index is 367. The van der Waals surface area contributed by atoms with E-state index in [4.69, 9.17) is 32.2 Å². The number of rotatable bonds is 10. The summed E-state index contributed by atoms with van der Waals surface area (Å²) in [6.45, 7) is 5.17. The summed E-state index contributed by atoms with van der Waals surface area (Å²) in [6, 6.07) is 7.38. The van der Waals surface area contributed by atoms with Crippen molar-refractivity contribution in [2.24, 2.45) is 5.73 Å². The fourth-order valence-corrected chi connectivity index (χ4v) is 1.54. The van der Waals surface area contributed by atoms with Crippen LogP contribution in [0.25, 0.3) is 0 Å². The topological polar surface area (TPSA) is 53.7 Å². The van der Waals surface area contributed by atoms with Crippen molar-refractivity contribution in [3.05, 3.63) is 29.8 Å². The molecule has 0 aliphatic carbocycles. The number of nitrogens with two attached hydrogens (primary N) is 1. The maximum Gasteiger partial charge on any atom is 0.119 e. The van der Waals surface area contributed by atoms with Crippen LogP contribution in [0, 0.1) is 0 Å². The molecule has 1 aromatic carbocycles. The number of thiocarbonyl (C=S) groups is 1. The standard InChI is InChI=1S/C14H21NO3S/c1-2-7-16-8-9-17-10-11-18-13-5-3-12(4-6-13)14(15)19/h3-6H,2,7-11H2,1H3,(H2,15,19). The average molecular weight is 283 g/mol. The van der Waals surface area contributed by atoms with Gasteiger partial charge in [-0.25, -0.2) is 0 Å². The van der Waals surface area contributed by atoms with Crippen molar-refractivity contribution >= 4 is 17.2 Å². The van der Waals surface area contributed by atoms with Gasteiger partial charge < -0.3 is 19.9 Å². The van der Waals surface area contributed by atoms with Gasteiger partial charge in [0.2, 0.25) is 0 Å². The summed E-state index contributed by atoms with van der Waals surface area (Å²) in [4.78, 5) is 0.391. The zero-order valence-electron chi connectivity index (χ0n) is 11.3. The van der Waals surface area contributed by atoms with Gasteiger partial charge in [-0.3, -0.25) is 0 Å². The van der Waals surface area contributed by atoms with Crippen molar-refractivity contribution in [1.29, 1.82) is 0 Å². The van der Waals surface area contributed by atoms with Crippen molar-refractivity contribution < 1.29 is 14.2 Å². The van der Waals surface area contributed by atoms with Gasteiger partial charge in [0, 0.05) is 12.2 Å². The predicted octanol–water partition coefficient (Wildman–Crippen LogP) is 2.14. The van der Waals surface area contributed by atoms with Crippen LogP contribution < -0.4 is 10.5 Å². The molecule has 0 radical (unpaired) electrons. The first kappa shape index (κ1) is 15.9. The van der Waals surface area contributed by atoms with Crippen molar-refractivity contribution in [2.45, 2.75) is 13.3 Å². The van der Waals surface area contributed by atoms with Gasteiger partial charge in [0.05, 0.1) is 19.8 Å². The molecule has 0 spiro atoms. The lowest BCUT2D eigenvalue weighted by atomic mass is 10.2. The van der Waals surface area contributed by atoms with Crippen molar-refractivity contribution in [2.75, 3.05) is 33.0 Å². The van der Waals surface area contributed by atoms with Gasteiger partial charge in [-0.05, 0) is 30.7 Å². The molecule has 5 heteroatoms. The smallest absolute Gasteiger partial charge is 0.119 e. The molecule has 1 rings (SSSR count). The zero-order chi connectivity index (χ0) is 13.9. The third kappa shape index (κ3) is 7.10. The van der Waals surface area contributed by atoms with E-state index in [1.54, 1.807) is 0 Å². The molecular weight excluding hydrogens is 262 g/mol. The fourth-order valence-electron chi connectivity index (χ4n) is 1.40. The van der Waals surface area contributed by atoms with Gasteiger partial charge in [-0.15, -0.1) is 0 Å². The molecule has 0 saturated carbocycles. The maximum absolute atomic E-state index is 5.52. The minimum Gasteiger partial charge on any atom is -0.491 e. The Hall–Kier alpha value is -1.17. The van der Waals surface area contributed by atoms with Gasteiger partial charge in [-0.1, -0.05) is 19.1 Å². The average Bonchev–Trinajstić information content (AvgIpc) is 2.42. The number of hydrogen-bond donors (Lipinski definition) is 1. The van der Waals surface area contributed by atoms with Gasteiger partial charge in [0.25, 0.3) is 0 Å². The van der Waals surface area contributed by atoms with Gasteiger partial charge in [-0.2, -0.15) is 0 Å². The van der Waals surface area contributed by atoms with E-state index in [9.17, 15) is 0 Å². The Morgan fingerprint density at radius 2 is 1.58 bits per heavy atom. The molecule has 0 bridgehead atoms. The monoisotopic (exact) mass is 283 g/mol. The van der Waals surface area contributed by atoms with Crippen LogP contribution in [0.2, 0.25) is 0 Å². The van der Waals surface area contributed by atoms with E-state index < -0.39 is 0 Å². The van der Waals surface area contributed by atoms with E-state index in [1.165, 1.54) is 0 Å². The summed E-state index contributed by atoms with van der Waals surface area (Å²) in [5.41, 5.74) is 6.35. The predicted molar refractivity (Wildman–Crippen MR) is 79.8 cm³/mol. The van der Waals surface area contributed by atoms with E-state index in [1.807, 2.05) is 24.3 Å². The fraction of sp³-hybridized carbons (Fsp3) is 0.500. The van der Waals surface area contributed by atoms with Crippen LogP contribution in [-0.4, -0.2) is 38.0 Å². The van der Waals surface area contributed by atoms with Gasteiger partial charge in [0.1, 0.15) is 17.3 Å². The molecule has 4 nitrogen and oxygen atoms in total. The molecule has 1 aromatic rings. The van der Waals surface area contributed by atoms with Crippen molar-refractivity contribution in [3.63, 3.8) is 0 Å². The third-order valence-corrected chi connectivity index (χ3v) is 2.59. The number of ether oxygens (including phenoxy) is 3. The summed E-state index contributed by atoms with van der Waals surface area (Å²) in [5.74, 6) is 0.783. The quantitative estimate of drug-likeness (QED) is 0.527. The number of hydrogen-bond acceptors (Lipinski definition) is 4. The highest BCUT2D eigenvalue weighted by molar-refractivity contribution is 7.80.